The van der Waals surface area contributed by atoms with Crippen LogP contribution in [0.25, 0.3) is 11.3 Å². The molecule has 0 bridgehead atoms. The molecule has 0 aliphatic rings. The molecule has 20 heavy (non-hydrogen) atoms. The topological polar surface area (TPSA) is 63.6 Å². The summed E-state index contributed by atoms with van der Waals surface area (Å²) in [5, 5.41) is 8.40. The average molecular weight is 264 g/mol. The van der Waals surface area contributed by atoms with Crippen LogP contribution in [-0.2, 0) is 6.54 Å². The van der Waals surface area contributed by atoms with Crippen LogP contribution in [0.15, 0.2) is 76.0 Å². The highest BCUT2D eigenvalue weighted by Gasteiger charge is 2.01. The Labute approximate surface area is 116 Å². The zero-order valence-electron chi connectivity index (χ0n) is 10.7. The number of nitrogens with zero attached hydrogens (tertiary/aromatic N) is 4. The van der Waals surface area contributed by atoms with Gasteiger partial charge >= 0.3 is 0 Å². The molecule has 98 valence electrons. The number of hydrogen-bond acceptors (Lipinski definition) is 5. The number of pyridine rings is 1. The Morgan fingerprint density at radius 1 is 1.05 bits per heavy atom. The fraction of sp³-hybridized carbons (Fsp3) is 0.0667. The van der Waals surface area contributed by atoms with Crippen LogP contribution < -0.4 is 0 Å². The molecular formula is C15H12N4O. The fourth-order valence-electron chi connectivity index (χ4n) is 1.77. The summed E-state index contributed by atoms with van der Waals surface area (Å²) in [5.41, 5.74) is 2.80. The maximum absolute atomic E-state index is 5.26. The lowest BCUT2D eigenvalue weighted by atomic mass is 10.2. The van der Waals surface area contributed by atoms with Crippen molar-refractivity contribution in [3.63, 3.8) is 0 Å². The number of rotatable bonds is 4. The summed E-state index contributed by atoms with van der Waals surface area (Å²) in [7, 11) is 0. The first kappa shape index (κ1) is 12.2. The molecule has 3 rings (SSSR count). The molecule has 0 N–H and O–H groups in total. The van der Waals surface area contributed by atoms with Gasteiger partial charge in [0.05, 0.1) is 18.4 Å². The van der Waals surface area contributed by atoms with Gasteiger partial charge in [0.2, 0.25) is 0 Å². The van der Waals surface area contributed by atoms with E-state index < -0.39 is 0 Å². The predicted octanol–water partition coefficient (Wildman–Crippen LogP) is 4.02. The second-order valence-corrected chi connectivity index (χ2v) is 4.17. The first-order valence-electron chi connectivity index (χ1n) is 6.17. The minimum atomic E-state index is 0.537. The van der Waals surface area contributed by atoms with E-state index in [9.17, 15) is 0 Å². The summed E-state index contributed by atoms with van der Waals surface area (Å²) >= 11 is 0. The van der Waals surface area contributed by atoms with Crippen molar-refractivity contribution in [1.29, 1.82) is 0 Å². The highest BCUT2D eigenvalue weighted by Crippen LogP contribution is 2.23. The van der Waals surface area contributed by atoms with E-state index in [0.717, 1.165) is 22.6 Å². The molecule has 2 aromatic heterocycles. The summed E-state index contributed by atoms with van der Waals surface area (Å²) in [6.07, 6.45) is 6.57. The van der Waals surface area contributed by atoms with Gasteiger partial charge in [-0.25, -0.2) is 4.98 Å². The van der Waals surface area contributed by atoms with Gasteiger partial charge in [-0.05, 0) is 29.8 Å². The Kier molecular flexibility index (Phi) is 3.59. The molecule has 0 spiro atoms. The van der Waals surface area contributed by atoms with Gasteiger partial charge in [-0.1, -0.05) is 12.1 Å². The van der Waals surface area contributed by atoms with Gasteiger partial charge in [-0.2, -0.15) is 10.2 Å². The normalized spacial score (nSPS) is 11.0. The van der Waals surface area contributed by atoms with Crippen LogP contribution in [0.1, 0.15) is 5.56 Å². The Morgan fingerprint density at radius 3 is 2.75 bits per heavy atom. The first-order chi connectivity index (χ1) is 9.92. The summed E-state index contributed by atoms with van der Waals surface area (Å²) in [5.74, 6) is 0.719. The average Bonchev–Trinajstić information content (AvgIpc) is 3.03. The maximum atomic E-state index is 5.26. The van der Waals surface area contributed by atoms with E-state index in [1.165, 1.54) is 6.39 Å². The Hall–Kier alpha value is -2.82. The van der Waals surface area contributed by atoms with Crippen molar-refractivity contribution in [2.45, 2.75) is 6.54 Å². The minimum absolute atomic E-state index is 0.537. The molecule has 5 heteroatoms. The number of benzene rings is 1. The lowest BCUT2D eigenvalue weighted by Crippen LogP contribution is -1.79. The summed E-state index contributed by atoms with van der Waals surface area (Å²) in [6, 6.07) is 11.5. The molecule has 3 aromatic rings. The van der Waals surface area contributed by atoms with E-state index in [4.69, 9.17) is 4.42 Å². The van der Waals surface area contributed by atoms with Crippen LogP contribution >= 0.6 is 0 Å². The molecule has 5 nitrogen and oxygen atoms in total. The number of hydrogen-bond donors (Lipinski definition) is 0. The third kappa shape index (κ3) is 2.95. The molecule has 0 fully saturated rings. The molecule has 0 aliphatic carbocycles. The number of oxazole rings is 1. The molecule has 0 saturated carbocycles. The zero-order chi connectivity index (χ0) is 13.6. The van der Waals surface area contributed by atoms with Crippen molar-refractivity contribution >= 4 is 5.69 Å². The van der Waals surface area contributed by atoms with E-state index >= 15 is 0 Å². The smallest absolute Gasteiger partial charge is 0.181 e. The molecular weight excluding hydrogens is 252 g/mol. The van der Waals surface area contributed by atoms with E-state index in [0.29, 0.717) is 6.54 Å². The van der Waals surface area contributed by atoms with Gasteiger partial charge in [-0.3, -0.25) is 4.98 Å². The van der Waals surface area contributed by atoms with E-state index in [1.807, 2.05) is 36.4 Å². The maximum Gasteiger partial charge on any atom is 0.181 e. The van der Waals surface area contributed by atoms with E-state index in [1.54, 1.807) is 18.6 Å². The molecule has 0 saturated heterocycles. The van der Waals surface area contributed by atoms with Gasteiger partial charge < -0.3 is 4.42 Å². The van der Waals surface area contributed by atoms with Crippen molar-refractivity contribution in [1.82, 2.24) is 9.97 Å². The van der Waals surface area contributed by atoms with Crippen molar-refractivity contribution in [2.24, 2.45) is 10.2 Å². The zero-order valence-corrected chi connectivity index (χ0v) is 10.7. The second-order valence-electron chi connectivity index (χ2n) is 4.17. The van der Waals surface area contributed by atoms with Crippen LogP contribution in [0.4, 0.5) is 5.69 Å². The molecule has 0 unspecified atom stereocenters. The second kappa shape index (κ2) is 5.88. The third-order valence-corrected chi connectivity index (χ3v) is 2.75. The quantitative estimate of drug-likeness (QED) is 0.668. The van der Waals surface area contributed by atoms with Gasteiger partial charge in [0.15, 0.2) is 12.2 Å². The standard InChI is InChI=1S/C15H12N4O/c1-2-13(15-10-17-11-20-15)8-14(3-1)19-18-9-12-4-6-16-7-5-12/h1-8,10-11H,9H2. The fourth-order valence-corrected chi connectivity index (χ4v) is 1.77. The van der Waals surface area contributed by atoms with Gasteiger partial charge in [0.1, 0.15) is 0 Å². The molecule has 2 heterocycles. The summed E-state index contributed by atoms with van der Waals surface area (Å²) < 4.78 is 5.26. The van der Waals surface area contributed by atoms with Gasteiger partial charge in [0.25, 0.3) is 0 Å². The summed E-state index contributed by atoms with van der Waals surface area (Å²) in [4.78, 5) is 7.87. The Balaban J connectivity index is 1.73. The SMILES string of the molecule is c1cc(N=NCc2ccncc2)cc(-c2cnco2)c1. The molecule has 0 atom stereocenters. The van der Waals surface area contributed by atoms with Crippen molar-refractivity contribution in [3.05, 3.63) is 66.9 Å². The van der Waals surface area contributed by atoms with E-state index in [2.05, 4.69) is 20.2 Å². The third-order valence-electron chi connectivity index (χ3n) is 2.75. The minimum Gasteiger partial charge on any atom is -0.444 e. The monoisotopic (exact) mass is 264 g/mol. The van der Waals surface area contributed by atoms with Crippen LogP contribution in [-0.4, -0.2) is 9.97 Å². The highest BCUT2D eigenvalue weighted by molar-refractivity contribution is 5.61. The van der Waals surface area contributed by atoms with Gasteiger partial charge in [-0.15, -0.1) is 0 Å². The lowest BCUT2D eigenvalue weighted by molar-refractivity contribution is 0.572. The molecule has 0 aliphatic heterocycles. The van der Waals surface area contributed by atoms with Crippen molar-refractivity contribution in [3.8, 4) is 11.3 Å². The van der Waals surface area contributed by atoms with Crippen LogP contribution in [0.5, 0.6) is 0 Å². The number of aromatic nitrogens is 2. The molecule has 0 amide bonds. The van der Waals surface area contributed by atoms with Crippen LogP contribution in [0.3, 0.4) is 0 Å². The van der Waals surface area contributed by atoms with Gasteiger partial charge in [0, 0.05) is 18.0 Å². The first-order valence-corrected chi connectivity index (χ1v) is 6.17. The molecule has 1 aromatic carbocycles. The molecule has 0 radical (unpaired) electrons. The number of azo groups is 1. The van der Waals surface area contributed by atoms with Crippen LogP contribution in [0.2, 0.25) is 0 Å². The van der Waals surface area contributed by atoms with Crippen molar-refractivity contribution < 1.29 is 4.42 Å². The summed E-state index contributed by atoms with van der Waals surface area (Å²) in [6.45, 7) is 0.537. The van der Waals surface area contributed by atoms with E-state index in [-0.39, 0.29) is 0 Å². The lowest BCUT2D eigenvalue weighted by Gasteiger charge is -1.97. The van der Waals surface area contributed by atoms with Crippen molar-refractivity contribution in [2.75, 3.05) is 0 Å². The largest absolute Gasteiger partial charge is 0.444 e. The Bertz CT molecular complexity index is 693. The van der Waals surface area contributed by atoms with Crippen LogP contribution in [0, 0.1) is 0 Å². The highest BCUT2D eigenvalue weighted by atomic mass is 16.3. The predicted molar refractivity (Wildman–Crippen MR) is 74.4 cm³/mol. The Morgan fingerprint density at radius 2 is 1.95 bits per heavy atom.